The number of nitrogens with one attached hydrogen (secondary N) is 2. The number of likely N-dealkylation sites (N-methyl/N-ethyl adjacent to an activating group) is 1. The first-order chi connectivity index (χ1) is 10.6. The quantitative estimate of drug-likeness (QED) is 0.865. The molecule has 2 N–H and O–H groups in total. The molecule has 116 valence electrons. The number of rotatable bonds is 2. The van der Waals surface area contributed by atoms with Crippen molar-refractivity contribution in [1.82, 2.24) is 20.1 Å². The maximum absolute atomic E-state index is 12.7. The molecule has 0 spiro atoms. The second-order valence-electron chi connectivity index (χ2n) is 5.53. The van der Waals surface area contributed by atoms with Crippen molar-refractivity contribution in [2.45, 2.75) is 25.9 Å². The van der Waals surface area contributed by atoms with Crippen LogP contribution in [0.1, 0.15) is 29.5 Å². The highest BCUT2D eigenvalue weighted by molar-refractivity contribution is 5.90. The molecule has 0 saturated carbocycles. The number of hydrogen-bond acceptors (Lipinski definition) is 4. The molecule has 0 saturated heterocycles. The van der Waals surface area contributed by atoms with Crippen LogP contribution in [-0.2, 0) is 6.54 Å². The molecule has 0 fully saturated rings. The van der Waals surface area contributed by atoms with Gasteiger partial charge in [-0.1, -0.05) is 25.1 Å². The molecule has 1 aliphatic heterocycles. The first-order valence-corrected chi connectivity index (χ1v) is 7.35. The Hall–Kier alpha value is -2.57. The van der Waals surface area contributed by atoms with Crippen LogP contribution in [0.3, 0.4) is 0 Å². The Bertz CT molecular complexity index is 735. The van der Waals surface area contributed by atoms with Gasteiger partial charge in [0.25, 0.3) is 5.91 Å². The molecule has 22 heavy (non-hydrogen) atoms. The van der Waals surface area contributed by atoms with Crippen molar-refractivity contribution in [1.29, 1.82) is 0 Å². The summed E-state index contributed by atoms with van der Waals surface area (Å²) in [5.41, 5.74) is 1.75. The number of benzene rings is 1. The highest BCUT2D eigenvalue weighted by Gasteiger charge is 2.30. The zero-order valence-corrected chi connectivity index (χ0v) is 12.7. The molecule has 0 radical (unpaired) electrons. The molecule has 2 heterocycles. The standard InChI is InChI=1S/C15H19N5O2/c1-3-11-9-19(2)12-7-5-4-6-10(12)8-20(11)14(21)13-16-15(22)18-17-13/h4-7,11H,3,8-9H2,1-2H3,(H2,16,17,18,22)/t11-/m0/s1. The van der Waals surface area contributed by atoms with Crippen LogP contribution in [0.2, 0.25) is 0 Å². The highest BCUT2D eigenvalue weighted by atomic mass is 16.2. The summed E-state index contributed by atoms with van der Waals surface area (Å²) in [5, 5.41) is 6.01. The van der Waals surface area contributed by atoms with Crippen molar-refractivity contribution in [3.63, 3.8) is 0 Å². The molecule has 0 unspecified atom stereocenters. The number of aromatic amines is 2. The molecule has 7 nitrogen and oxygen atoms in total. The average molecular weight is 301 g/mol. The Morgan fingerprint density at radius 2 is 2.18 bits per heavy atom. The van der Waals surface area contributed by atoms with E-state index in [1.807, 2.05) is 25.2 Å². The Morgan fingerprint density at radius 1 is 1.41 bits per heavy atom. The molecule has 1 aromatic carbocycles. The smallest absolute Gasteiger partial charge is 0.341 e. The Morgan fingerprint density at radius 3 is 2.86 bits per heavy atom. The maximum atomic E-state index is 12.7. The van der Waals surface area contributed by atoms with Crippen LogP contribution in [0.25, 0.3) is 0 Å². The normalized spacial score (nSPS) is 18.0. The minimum atomic E-state index is -0.469. The van der Waals surface area contributed by atoms with Gasteiger partial charge in [0, 0.05) is 31.9 Å². The molecule has 2 aromatic rings. The molecular formula is C15H19N5O2. The van der Waals surface area contributed by atoms with E-state index in [0.29, 0.717) is 6.54 Å². The number of carbonyl (C=O) groups is 1. The van der Waals surface area contributed by atoms with Gasteiger partial charge in [0.05, 0.1) is 0 Å². The van der Waals surface area contributed by atoms with Crippen LogP contribution < -0.4 is 10.6 Å². The van der Waals surface area contributed by atoms with Crippen LogP contribution in [-0.4, -0.2) is 45.6 Å². The van der Waals surface area contributed by atoms with Gasteiger partial charge in [-0.25, -0.2) is 9.89 Å². The van der Waals surface area contributed by atoms with Crippen LogP contribution in [0.15, 0.2) is 29.1 Å². The second kappa shape index (κ2) is 5.67. The van der Waals surface area contributed by atoms with E-state index in [2.05, 4.69) is 33.1 Å². The molecule has 1 atom stereocenters. The third-order valence-electron chi connectivity index (χ3n) is 4.10. The van der Waals surface area contributed by atoms with Gasteiger partial charge in [-0.3, -0.25) is 9.78 Å². The van der Waals surface area contributed by atoms with Crippen molar-refractivity contribution < 1.29 is 4.79 Å². The molecular weight excluding hydrogens is 282 g/mol. The van der Waals surface area contributed by atoms with Crippen molar-refractivity contribution in [2.75, 3.05) is 18.5 Å². The minimum absolute atomic E-state index is 0.0603. The van der Waals surface area contributed by atoms with Gasteiger partial charge in [0.2, 0.25) is 5.82 Å². The van der Waals surface area contributed by atoms with Gasteiger partial charge in [-0.15, -0.1) is 5.10 Å². The van der Waals surface area contributed by atoms with E-state index < -0.39 is 5.69 Å². The number of hydrogen-bond donors (Lipinski definition) is 2. The summed E-state index contributed by atoms with van der Waals surface area (Å²) in [6, 6.07) is 8.12. The number of nitrogens with zero attached hydrogens (tertiary/aromatic N) is 3. The molecule has 0 bridgehead atoms. The van der Waals surface area contributed by atoms with E-state index >= 15 is 0 Å². The fourth-order valence-corrected chi connectivity index (χ4v) is 2.94. The largest absolute Gasteiger partial charge is 0.372 e. The van der Waals surface area contributed by atoms with Gasteiger partial charge in [0.15, 0.2) is 0 Å². The molecule has 1 aromatic heterocycles. The van der Waals surface area contributed by atoms with Crippen molar-refractivity contribution in [3.8, 4) is 0 Å². The first kappa shape index (κ1) is 14.4. The fourth-order valence-electron chi connectivity index (χ4n) is 2.94. The number of carbonyl (C=O) groups excluding carboxylic acids is 1. The Kier molecular flexibility index (Phi) is 3.70. The predicted molar refractivity (Wildman–Crippen MR) is 82.9 cm³/mol. The monoisotopic (exact) mass is 301 g/mol. The lowest BCUT2D eigenvalue weighted by Gasteiger charge is -2.29. The van der Waals surface area contributed by atoms with Crippen LogP contribution in [0.5, 0.6) is 0 Å². The first-order valence-electron chi connectivity index (χ1n) is 7.35. The predicted octanol–water partition coefficient (Wildman–Crippen LogP) is 0.969. The van der Waals surface area contributed by atoms with Crippen molar-refractivity contribution >= 4 is 11.6 Å². The highest BCUT2D eigenvalue weighted by Crippen LogP contribution is 2.27. The van der Waals surface area contributed by atoms with Crippen molar-refractivity contribution in [2.24, 2.45) is 0 Å². The number of para-hydroxylation sites is 1. The SMILES string of the molecule is CC[C@H]1CN(C)c2ccccc2CN1C(=O)c1n[nH]c(=O)[nH]1. The van der Waals surface area contributed by atoms with Crippen LogP contribution in [0.4, 0.5) is 5.69 Å². The Balaban J connectivity index is 1.98. The molecule has 1 aliphatic rings. The topological polar surface area (TPSA) is 85.1 Å². The minimum Gasteiger partial charge on any atom is -0.372 e. The van der Waals surface area contributed by atoms with Crippen molar-refractivity contribution in [3.05, 3.63) is 46.1 Å². The lowest BCUT2D eigenvalue weighted by Crippen LogP contribution is -2.43. The zero-order valence-electron chi connectivity index (χ0n) is 12.7. The van der Waals surface area contributed by atoms with E-state index in [1.165, 1.54) is 0 Å². The van der Waals surface area contributed by atoms with Gasteiger partial charge in [0.1, 0.15) is 0 Å². The summed E-state index contributed by atoms with van der Waals surface area (Å²) in [4.78, 5) is 30.3. The molecule has 3 rings (SSSR count). The number of anilines is 1. The Labute approximate surface area is 127 Å². The number of amides is 1. The second-order valence-corrected chi connectivity index (χ2v) is 5.53. The summed E-state index contributed by atoms with van der Waals surface area (Å²) < 4.78 is 0. The van der Waals surface area contributed by atoms with E-state index in [-0.39, 0.29) is 17.8 Å². The third-order valence-corrected chi connectivity index (χ3v) is 4.10. The average Bonchev–Trinajstić information content (AvgIpc) is 2.90. The van der Waals surface area contributed by atoms with E-state index in [1.54, 1.807) is 4.90 Å². The van der Waals surface area contributed by atoms with Gasteiger partial charge < -0.3 is 9.80 Å². The van der Waals surface area contributed by atoms with E-state index in [0.717, 1.165) is 24.2 Å². The molecule has 7 heteroatoms. The van der Waals surface area contributed by atoms with Gasteiger partial charge in [-0.2, -0.15) is 0 Å². The van der Waals surface area contributed by atoms with Crippen LogP contribution >= 0.6 is 0 Å². The lowest BCUT2D eigenvalue weighted by molar-refractivity contribution is 0.0655. The molecule has 0 aliphatic carbocycles. The third kappa shape index (κ3) is 2.49. The molecule has 1 amide bonds. The number of fused-ring (bicyclic) bond motifs is 1. The van der Waals surface area contributed by atoms with Crippen LogP contribution in [0, 0.1) is 0 Å². The van der Waals surface area contributed by atoms with Gasteiger partial charge in [-0.05, 0) is 18.1 Å². The maximum Gasteiger partial charge on any atom is 0.341 e. The van der Waals surface area contributed by atoms with Gasteiger partial charge >= 0.3 is 5.69 Å². The summed E-state index contributed by atoms with van der Waals surface area (Å²) in [6.45, 7) is 3.31. The fraction of sp³-hybridized carbons (Fsp3) is 0.400. The zero-order chi connectivity index (χ0) is 15.7. The summed E-state index contributed by atoms with van der Waals surface area (Å²) in [7, 11) is 2.03. The van der Waals surface area contributed by atoms with E-state index in [9.17, 15) is 9.59 Å². The van der Waals surface area contributed by atoms with E-state index in [4.69, 9.17) is 0 Å². The number of H-pyrrole nitrogens is 2. The lowest BCUT2D eigenvalue weighted by atomic mass is 10.1. The summed E-state index contributed by atoms with van der Waals surface area (Å²) >= 11 is 0. The summed E-state index contributed by atoms with van der Waals surface area (Å²) in [5.74, 6) is -0.194. The number of aromatic nitrogens is 3. The summed E-state index contributed by atoms with van der Waals surface area (Å²) in [6.07, 6.45) is 0.832.